The summed E-state index contributed by atoms with van der Waals surface area (Å²) >= 11 is 0. The Kier molecular flexibility index (Phi) is 20.0. The van der Waals surface area contributed by atoms with Crippen molar-refractivity contribution in [1.82, 2.24) is 21.0 Å². The second-order valence-electron chi connectivity index (χ2n) is 18.7. The van der Waals surface area contributed by atoms with Gasteiger partial charge in [-0.15, -0.1) is 0 Å². The molecule has 25 nitrogen and oxygen atoms in total. The van der Waals surface area contributed by atoms with Crippen LogP contribution in [0.2, 0.25) is 0 Å². The Hall–Kier alpha value is -4.52. The third-order valence-electron chi connectivity index (χ3n) is 12.3. The zero-order valence-corrected chi connectivity index (χ0v) is 39.5. The Morgan fingerprint density at radius 3 is 1.76 bits per heavy atom. The lowest BCUT2D eigenvalue weighted by atomic mass is 9.96. The van der Waals surface area contributed by atoms with Crippen molar-refractivity contribution < 1.29 is 97.9 Å². The SMILES string of the molecule is CC(C)(C)OC(=O)N[C@@H](CC(=O)N[C@H]1O[C@H](CO[C@@H]2O[C@H](CO[C@H]3O[C@H](CO)[C@@H](O)[C@H](O)[C@H]3O)[C@@H](O)[C@H](O)[C@H]2O)[C@@H](O)[C@H](OCc2ccccc2)[C@H]1OCc1ccccc1)C(=O)N1CCC[C@H]1C(=O)NN. The average molecular weight is 1010 g/mol. The fraction of sp³-hybridized carbons (Fsp3) is 0.652. The van der Waals surface area contributed by atoms with Gasteiger partial charge in [0.05, 0.1) is 39.5 Å². The molecule has 4 heterocycles. The molecule has 4 saturated heterocycles. The Balaban J connectivity index is 1.24. The van der Waals surface area contributed by atoms with E-state index >= 15 is 0 Å². The van der Waals surface area contributed by atoms with E-state index in [9.17, 15) is 60.0 Å². The number of aliphatic hydroxyl groups is 8. The van der Waals surface area contributed by atoms with Crippen LogP contribution in [-0.2, 0) is 65.5 Å². The maximum absolute atomic E-state index is 14.3. The highest BCUT2D eigenvalue weighted by molar-refractivity contribution is 5.94. The van der Waals surface area contributed by atoms with E-state index in [0.717, 1.165) is 0 Å². The van der Waals surface area contributed by atoms with Crippen molar-refractivity contribution in [3.63, 3.8) is 0 Å². The fourth-order valence-corrected chi connectivity index (χ4v) is 8.52. The van der Waals surface area contributed by atoms with Gasteiger partial charge in [0.15, 0.2) is 18.8 Å². The Morgan fingerprint density at radius 1 is 0.704 bits per heavy atom. The molecule has 0 aliphatic carbocycles. The van der Waals surface area contributed by atoms with Gasteiger partial charge in [0, 0.05) is 6.54 Å². The molecule has 4 amide bonds. The van der Waals surface area contributed by atoms with Crippen LogP contribution in [0.4, 0.5) is 4.79 Å². The third kappa shape index (κ3) is 14.6. The van der Waals surface area contributed by atoms with Crippen molar-refractivity contribution in [1.29, 1.82) is 0 Å². The number of alkyl carbamates (subject to hydrolysis) is 1. The van der Waals surface area contributed by atoms with Gasteiger partial charge in [0.1, 0.15) is 90.9 Å². The van der Waals surface area contributed by atoms with Gasteiger partial charge < -0.3 is 94.3 Å². The lowest BCUT2D eigenvalue weighted by Crippen LogP contribution is -2.65. The van der Waals surface area contributed by atoms with Gasteiger partial charge in [0.2, 0.25) is 11.8 Å². The van der Waals surface area contributed by atoms with Crippen molar-refractivity contribution >= 4 is 23.8 Å². The predicted octanol–water partition coefficient (Wildman–Crippen LogP) is -3.74. The first-order chi connectivity index (χ1) is 33.8. The normalized spacial score (nSPS) is 33.7. The predicted molar refractivity (Wildman–Crippen MR) is 240 cm³/mol. The van der Waals surface area contributed by atoms with E-state index in [1.807, 2.05) is 5.43 Å². The van der Waals surface area contributed by atoms with E-state index in [-0.39, 0.29) is 26.2 Å². The molecule has 0 aromatic heterocycles. The number of hydrogen-bond acceptors (Lipinski definition) is 21. The minimum Gasteiger partial charge on any atom is -0.444 e. The highest BCUT2D eigenvalue weighted by Crippen LogP contribution is 2.31. The third-order valence-corrected chi connectivity index (χ3v) is 12.3. The van der Waals surface area contributed by atoms with E-state index < -0.39 is 160 Å². The summed E-state index contributed by atoms with van der Waals surface area (Å²) in [5, 5.41) is 90.3. The number of rotatable bonds is 19. The topological polar surface area (TPSA) is 369 Å². The zero-order valence-electron chi connectivity index (χ0n) is 39.5. The molecule has 17 atom stereocenters. The van der Waals surface area contributed by atoms with Gasteiger partial charge in [-0.2, -0.15) is 0 Å². The highest BCUT2D eigenvalue weighted by Gasteiger charge is 2.51. The molecule has 2 aromatic rings. The Bertz CT molecular complexity index is 2020. The summed E-state index contributed by atoms with van der Waals surface area (Å²) in [5.41, 5.74) is 2.44. The first kappa shape index (κ1) is 55.8. The number of hydrogen-bond donors (Lipinski definition) is 12. The first-order valence-electron chi connectivity index (χ1n) is 23.3. The standard InChI is InChI=1S/C46H67N5O20/c1-46(2,3)71-45(63)48-25(42(62)51-16-10-15-26(51)40(61)50-47)17-30(53)49-41-39(65-20-24-13-8-5-9-14-24)38(64-19-23-11-6-4-7-12-23)33(56)29(68-41)22-67-44-37(60)35(58)32(55)28(70-44)21-66-43-36(59)34(57)31(54)27(18-52)69-43/h4-9,11-14,25-29,31-39,41,43-44,52,54-60H,10,15-22,47H2,1-3H3,(H,48,63)(H,49,53)(H,50,61)/t25-,26-,27+,28+,29+,31+,32+,33+,34-,35-,36+,37+,38-,39+,41-,43-,44+/m0/s1. The molecular weight excluding hydrogens is 943 g/mol. The van der Waals surface area contributed by atoms with Crippen molar-refractivity contribution in [2.45, 2.75) is 163 Å². The number of hydrazine groups is 1. The number of likely N-dealkylation sites (tertiary alicyclic amines) is 1. The summed E-state index contributed by atoms with van der Waals surface area (Å²) < 4.78 is 47.0. The second-order valence-corrected chi connectivity index (χ2v) is 18.7. The van der Waals surface area contributed by atoms with E-state index in [4.69, 9.17) is 43.7 Å². The lowest BCUT2D eigenvalue weighted by Gasteiger charge is -2.46. The summed E-state index contributed by atoms with van der Waals surface area (Å²) in [7, 11) is 0. The molecule has 25 heteroatoms. The van der Waals surface area contributed by atoms with Crippen LogP contribution in [0, 0.1) is 0 Å². The number of nitrogens with zero attached hydrogens (tertiary/aromatic N) is 1. The number of nitrogens with one attached hydrogen (secondary N) is 3. The van der Waals surface area contributed by atoms with Crippen LogP contribution in [0.3, 0.4) is 0 Å². The van der Waals surface area contributed by atoms with Gasteiger partial charge in [-0.1, -0.05) is 60.7 Å². The molecule has 0 spiro atoms. The van der Waals surface area contributed by atoms with Crippen LogP contribution < -0.4 is 21.9 Å². The summed E-state index contributed by atoms with van der Waals surface area (Å²) in [4.78, 5) is 55.4. The molecule has 6 rings (SSSR count). The summed E-state index contributed by atoms with van der Waals surface area (Å²) in [5.74, 6) is 3.10. The van der Waals surface area contributed by atoms with Crippen molar-refractivity contribution in [2.24, 2.45) is 5.84 Å². The van der Waals surface area contributed by atoms with Gasteiger partial charge in [-0.3, -0.25) is 19.8 Å². The molecule has 0 bridgehead atoms. The minimum absolute atomic E-state index is 0.0730. The van der Waals surface area contributed by atoms with Crippen LogP contribution in [0.1, 0.15) is 51.2 Å². The maximum atomic E-state index is 14.3. The second kappa shape index (κ2) is 25.4. The molecule has 0 radical (unpaired) electrons. The molecule has 13 N–H and O–H groups in total. The van der Waals surface area contributed by atoms with E-state index in [2.05, 4.69) is 10.6 Å². The first-order valence-corrected chi connectivity index (χ1v) is 23.3. The zero-order chi connectivity index (χ0) is 51.6. The van der Waals surface area contributed by atoms with Gasteiger partial charge in [0.25, 0.3) is 5.91 Å². The fourth-order valence-electron chi connectivity index (χ4n) is 8.52. The van der Waals surface area contributed by atoms with Crippen molar-refractivity contribution in [3.8, 4) is 0 Å². The number of nitrogens with two attached hydrogens (primary N) is 1. The molecule has 2 aromatic carbocycles. The monoisotopic (exact) mass is 1010 g/mol. The number of ether oxygens (including phenoxy) is 8. The maximum Gasteiger partial charge on any atom is 0.408 e. The number of aliphatic hydroxyl groups excluding tert-OH is 8. The lowest BCUT2D eigenvalue weighted by molar-refractivity contribution is -0.337. The quantitative estimate of drug-likeness (QED) is 0.0366. The van der Waals surface area contributed by atoms with Crippen LogP contribution in [0.25, 0.3) is 0 Å². The minimum atomic E-state index is -1.91. The van der Waals surface area contributed by atoms with E-state index in [1.54, 1.807) is 81.4 Å². The van der Waals surface area contributed by atoms with E-state index in [0.29, 0.717) is 17.5 Å². The average Bonchev–Trinajstić information content (AvgIpc) is 3.84. The molecule has 0 unspecified atom stereocenters. The Morgan fingerprint density at radius 2 is 1.23 bits per heavy atom. The van der Waals surface area contributed by atoms with Gasteiger partial charge >= 0.3 is 6.09 Å². The Labute approximate surface area is 409 Å². The smallest absolute Gasteiger partial charge is 0.408 e. The van der Waals surface area contributed by atoms with Crippen molar-refractivity contribution in [3.05, 3.63) is 71.8 Å². The van der Waals surface area contributed by atoms with Gasteiger partial charge in [-0.25, -0.2) is 10.6 Å². The van der Waals surface area contributed by atoms with Crippen LogP contribution in [0.15, 0.2) is 60.7 Å². The molecule has 71 heavy (non-hydrogen) atoms. The summed E-state index contributed by atoms with van der Waals surface area (Å²) in [6.45, 7) is 2.75. The molecule has 4 aliphatic rings. The van der Waals surface area contributed by atoms with Crippen molar-refractivity contribution in [2.75, 3.05) is 26.4 Å². The van der Waals surface area contributed by atoms with Crippen LogP contribution in [-0.4, -0.2) is 206 Å². The summed E-state index contributed by atoms with van der Waals surface area (Å²) in [6, 6.07) is 15.3. The molecule has 0 saturated carbocycles. The number of amides is 4. The largest absolute Gasteiger partial charge is 0.444 e. The van der Waals surface area contributed by atoms with Crippen LogP contribution >= 0.6 is 0 Å². The summed E-state index contributed by atoms with van der Waals surface area (Å²) in [6.07, 6.45) is -25.3. The van der Waals surface area contributed by atoms with Gasteiger partial charge in [-0.05, 0) is 44.7 Å². The number of carbonyl (C=O) groups excluding carboxylic acids is 4. The molecule has 4 aliphatic heterocycles. The molecule has 4 fully saturated rings. The molecular formula is C46H67N5O20. The highest BCUT2D eigenvalue weighted by atomic mass is 16.7. The number of carbonyl (C=O) groups is 4. The number of benzene rings is 2. The molecule has 396 valence electrons. The van der Waals surface area contributed by atoms with Crippen LogP contribution in [0.5, 0.6) is 0 Å². The van der Waals surface area contributed by atoms with E-state index in [1.165, 1.54) is 4.90 Å².